The molecule has 4 aliphatic rings. The van der Waals surface area contributed by atoms with Gasteiger partial charge in [-0.05, 0) is 85.5 Å². The van der Waals surface area contributed by atoms with E-state index < -0.39 is 62.9 Å². The van der Waals surface area contributed by atoms with Crippen LogP contribution >= 0.6 is 0 Å². The molecule has 4 heterocycles. The van der Waals surface area contributed by atoms with E-state index >= 15 is 4.39 Å². The van der Waals surface area contributed by atoms with Crippen molar-refractivity contribution in [3.8, 4) is 40.4 Å². The van der Waals surface area contributed by atoms with Crippen molar-refractivity contribution in [1.29, 1.82) is 5.26 Å². The Morgan fingerprint density at radius 2 is 1.71 bits per heavy atom. The smallest absolute Gasteiger partial charge is 0.438 e. The van der Waals surface area contributed by atoms with Gasteiger partial charge in [-0.15, -0.1) is 0 Å². The lowest BCUT2D eigenvalue weighted by Gasteiger charge is -2.21. The summed E-state index contributed by atoms with van der Waals surface area (Å²) < 4.78 is 104. The van der Waals surface area contributed by atoms with E-state index in [1.165, 1.54) is 13.2 Å². The van der Waals surface area contributed by atoms with Gasteiger partial charge in [0.25, 0.3) is 0 Å². The van der Waals surface area contributed by atoms with Crippen molar-refractivity contribution in [1.82, 2.24) is 29.5 Å². The van der Waals surface area contributed by atoms with E-state index in [1.54, 1.807) is 47.4 Å². The fourth-order valence-corrected chi connectivity index (χ4v) is 10.1. The van der Waals surface area contributed by atoms with E-state index in [-0.39, 0.29) is 59.2 Å². The number of nitrogens with one attached hydrogen (secondary N) is 1. The summed E-state index contributed by atoms with van der Waals surface area (Å²) in [6, 6.07) is 15.4. The van der Waals surface area contributed by atoms with Gasteiger partial charge in [0, 0.05) is 38.3 Å². The van der Waals surface area contributed by atoms with Crippen LogP contribution in [0, 0.1) is 23.1 Å². The van der Waals surface area contributed by atoms with Crippen LogP contribution in [0.5, 0.6) is 11.8 Å². The summed E-state index contributed by atoms with van der Waals surface area (Å²) in [7, 11) is -2.37. The summed E-state index contributed by atoms with van der Waals surface area (Å²) in [5.74, 6) is -2.59. The number of fused-ring (bicyclic) bond motifs is 2. The molecule has 3 aromatic carbocycles. The number of hydrogen-bond acceptors (Lipinski definition) is 13. The van der Waals surface area contributed by atoms with Crippen LogP contribution in [0.15, 0.2) is 52.9 Å². The summed E-state index contributed by atoms with van der Waals surface area (Å²) in [5.41, 5.74) is 2.05. The van der Waals surface area contributed by atoms with Crippen molar-refractivity contribution in [2.75, 3.05) is 33.3 Å². The second kappa shape index (κ2) is 16.2. The topological polar surface area (TPSA) is 184 Å². The molecule has 3 atom stereocenters. The number of rotatable bonds is 12. The minimum Gasteiger partial charge on any atom is -0.480 e. The SMILES string of the molecule is COc1nc(O[C@@H]2CCc3c(-c4cccc(-c5nc6cc(CN7CC[C@@H](C(=O)NS(=O)(=O)C8CC8)C7)cc(C#N)c6o5)c4F)cccc32)c(C(F)(F)F)nc1CN1CC[C@@H](O)C1. The zero-order valence-corrected chi connectivity index (χ0v) is 34.2. The summed E-state index contributed by atoms with van der Waals surface area (Å²) in [6.07, 6.45) is -3.63. The third kappa shape index (κ3) is 8.19. The van der Waals surface area contributed by atoms with Crippen molar-refractivity contribution >= 4 is 27.0 Å². The quantitative estimate of drug-likeness (QED) is 0.138. The van der Waals surface area contributed by atoms with Crippen molar-refractivity contribution in [2.45, 2.75) is 75.2 Å². The van der Waals surface area contributed by atoms with Crippen molar-refractivity contribution in [2.24, 2.45) is 5.92 Å². The Morgan fingerprint density at radius 1 is 0.968 bits per heavy atom. The number of aromatic nitrogens is 3. The normalized spacial score (nSPS) is 20.7. The van der Waals surface area contributed by atoms with Gasteiger partial charge in [0.1, 0.15) is 29.2 Å². The van der Waals surface area contributed by atoms with Gasteiger partial charge < -0.3 is 19.0 Å². The molecule has 2 N–H and O–H groups in total. The molecule has 0 unspecified atom stereocenters. The summed E-state index contributed by atoms with van der Waals surface area (Å²) >= 11 is 0. The number of β-amino-alcohol motifs (C(OH)–C–C–N with tert-alkyl or cyclic N) is 1. The van der Waals surface area contributed by atoms with Crippen LogP contribution in [0.25, 0.3) is 33.7 Å². The molecule has 1 amide bonds. The molecule has 5 aromatic rings. The first-order valence-corrected chi connectivity index (χ1v) is 21.8. The maximum atomic E-state index is 16.7. The number of carbonyl (C=O) groups excluding carboxylic acids is 1. The third-order valence-electron chi connectivity index (χ3n) is 11.9. The number of carbonyl (C=O) groups is 1. The van der Waals surface area contributed by atoms with Gasteiger partial charge >= 0.3 is 6.18 Å². The van der Waals surface area contributed by atoms with E-state index in [4.69, 9.17) is 13.9 Å². The first kappa shape index (κ1) is 41.7. The fraction of sp³-hybridized carbons (Fsp3) is 0.419. The van der Waals surface area contributed by atoms with Crippen LogP contribution in [0.1, 0.15) is 71.8 Å². The highest BCUT2D eigenvalue weighted by Gasteiger charge is 2.42. The van der Waals surface area contributed by atoms with Crippen molar-refractivity contribution in [3.63, 3.8) is 0 Å². The van der Waals surface area contributed by atoms with Gasteiger partial charge in [-0.2, -0.15) is 23.4 Å². The number of hydrogen-bond donors (Lipinski definition) is 2. The van der Waals surface area contributed by atoms with E-state index in [2.05, 4.69) is 25.7 Å². The van der Waals surface area contributed by atoms with E-state index in [0.29, 0.717) is 86.1 Å². The standard InChI is InChI=1S/C43H41F4N7O7S/c1-59-41-34(22-54-15-13-26(55)21-54)49-38(43(45,46)47)42(51-41)60-35-11-10-29-28(4-2-5-30(29)35)31-6-3-7-32(36(31)44)40-50-33-17-23(16-25(18-48)37(33)61-40)19-53-14-12-24(20-53)39(56)52-62(57,58)27-8-9-27/h2-7,16-17,24,26-27,35,55H,8-15,19-22H2,1H3,(H,52,56)/t24-,26-,35-/m1/s1. The minimum atomic E-state index is -4.90. The number of alkyl halides is 3. The van der Waals surface area contributed by atoms with Crippen LogP contribution < -0.4 is 14.2 Å². The van der Waals surface area contributed by atoms with Crippen molar-refractivity contribution in [3.05, 3.63) is 88.0 Å². The van der Waals surface area contributed by atoms with Gasteiger partial charge in [0.15, 0.2) is 5.58 Å². The van der Waals surface area contributed by atoms with E-state index in [0.717, 1.165) is 0 Å². The highest BCUT2D eigenvalue weighted by molar-refractivity contribution is 7.90. The molecule has 2 aromatic heterocycles. The van der Waals surface area contributed by atoms with Gasteiger partial charge in [0.2, 0.25) is 39.3 Å². The number of methoxy groups -OCH3 is 1. The first-order valence-electron chi connectivity index (χ1n) is 20.3. The number of sulfonamides is 1. The van der Waals surface area contributed by atoms with Crippen LogP contribution in [0.3, 0.4) is 0 Å². The van der Waals surface area contributed by atoms with Crippen LogP contribution in [0.2, 0.25) is 0 Å². The fourth-order valence-electron chi connectivity index (χ4n) is 8.69. The largest absolute Gasteiger partial charge is 0.480 e. The van der Waals surface area contributed by atoms with Crippen LogP contribution in [-0.4, -0.2) is 88.8 Å². The molecule has 2 saturated heterocycles. The molecule has 2 aliphatic heterocycles. The molecule has 0 radical (unpaired) electrons. The Labute approximate surface area is 353 Å². The minimum absolute atomic E-state index is 0.00109. The molecular formula is C43H41F4N7O7S. The monoisotopic (exact) mass is 875 g/mol. The van der Waals surface area contributed by atoms with Gasteiger partial charge in [0.05, 0.1) is 35.5 Å². The Hall–Kier alpha value is -5.68. The van der Waals surface area contributed by atoms with Crippen LogP contribution in [0.4, 0.5) is 17.6 Å². The van der Waals surface area contributed by atoms with E-state index in [9.17, 15) is 36.8 Å². The lowest BCUT2D eigenvalue weighted by atomic mass is 9.95. The Bertz CT molecular complexity index is 2740. The van der Waals surface area contributed by atoms with Crippen molar-refractivity contribution < 1.29 is 49.8 Å². The maximum Gasteiger partial charge on any atom is 0.438 e. The maximum absolute atomic E-state index is 16.7. The number of nitriles is 1. The molecule has 3 fully saturated rings. The average molecular weight is 876 g/mol. The zero-order chi connectivity index (χ0) is 43.5. The predicted molar refractivity (Wildman–Crippen MR) is 214 cm³/mol. The number of ether oxygens (including phenoxy) is 2. The number of likely N-dealkylation sites (tertiary alicyclic amines) is 2. The predicted octanol–water partition coefficient (Wildman–Crippen LogP) is 6.05. The number of amides is 1. The number of benzene rings is 3. The van der Waals surface area contributed by atoms with E-state index in [1.807, 2.05) is 4.90 Å². The highest BCUT2D eigenvalue weighted by Crippen LogP contribution is 2.44. The van der Waals surface area contributed by atoms with Gasteiger partial charge in [-0.3, -0.25) is 19.3 Å². The number of aliphatic hydroxyl groups is 1. The Morgan fingerprint density at radius 3 is 2.44 bits per heavy atom. The summed E-state index contributed by atoms with van der Waals surface area (Å²) in [6.45, 7) is 2.00. The lowest BCUT2D eigenvalue weighted by Crippen LogP contribution is -2.38. The Kier molecular flexibility index (Phi) is 10.9. The second-order valence-corrected chi connectivity index (χ2v) is 18.2. The first-order chi connectivity index (χ1) is 29.7. The molecule has 0 bridgehead atoms. The van der Waals surface area contributed by atoms with Gasteiger partial charge in [-0.25, -0.2) is 22.8 Å². The molecular weight excluding hydrogens is 835 g/mol. The lowest BCUT2D eigenvalue weighted by molar-refractivity contribution is -0.143. The second-order valence-electron chi connectivity index (χ2n) is 16.2. The van der Waals surface area contributed by atoms with Gasteiger partial charge in [-0.1, -0.05) is 30.3 Å². The summed E-state index contributed by atoms with van der Waals surface area (Å²) in [5, 5.41) is 19.5. The number of oxazole rings is 1. The molecule has 1 saturated carbocycles. The zero-order valence-electron chi connectivity index (χ0n) is 33.4. The molecule has 9 rings (SSSR count). The molecule has 14 nitrogen and oxygen atoms in total. The number of halogens is 4. The molecule has 0 spiro atoms. The van der Waals surface area contributed by atoms with Crippen LogP contribution in [-0.2, 0) is 40.5 Å². The highest BCUT2D eigenvalue weighted by atomic mass is 32.2. The molecule has 2 aliphatic carbocycles. The summed E-state index contributed by atoms with van der Waals surface area (Å²) in [4.78, 5) is 29.1. The number of aliphatic hydroxyl groups excluding tert-OH is 1. The molecule has 19 heteroatoms. The molecule has 324 valence electrons. The molecule has 62 heavy (non-hydrogen) atoms. The number of nitrogens with zero attached hydrogens (tertiary/aromatic N) is 6. The average Bonchev–Trinajstić information content (AvgIpc) is 3.48. The Balaban J connectivity index is 0.954. The third-order valence-corrected chi connectivity index (χ3v) is 13.7.